The number of aromatic carboxylic acids is 1. The summed E-state index contributed by atoms with van der Waals surface area (Å²) in [6.07, 6.45) is 5.08. The monoisotopic (exact) mass is 348 g/mol. The van der Waals surface area contributed by atoms with Crippen LogP contribution in [0.25, 0.3) is 23.1 Å². The second kappa shape index (κ2) is 7.40. The maximum atomic E-state index is 12.9. The molecule has 0 saturated carbocycles. The zero-order valence-electron chi connectivity index (χ0n) is 14.8. The summed E-state index contributed by atoms with van der Waals surface area (Å²) in [5.74, 6) is -0.542. The summed E-state index contributed by atoms with van der Waals surface area (Å²) >= 11 is 0. The largest absolute Gasteiger partial charge is 0.478 e. The van der Waals surface area contributed by atoms with E-state index in [9.17, 15) is 9.59 Å². The third kappa shape index (κ3) is 3.59. The zero-order valence-corrected chi connectivity index (χ0v) is 14.8. The van der Waals surface area contributed by atoms with Gasteiger partial charge in [-0.25, -0.2) is 4.79 Å². The molecule has 4 nitrogen and oxygen atoms in total. The number of fused-ring (bicyclic) bond motifs is 1. The van der Waals surface area contributed by atoms with Crippen molar-refractivity contribution in [3.8, 4) is 0 Å². The highest BCUT2D eigenvalue weighted by Gasteiger charge is 2.14. The van der Waals surface area contributed by atoms with E-state index in [4.69, 9.17) is 9.52 Å². The molecule has 1 N–H and O–H groups in total. The molecule has 0 saturated heterocycles. The maximum Gasteiger partial charge on any atom is 0.335 e. The first-order valence-electron chi connectivity index (χ1n) is 8.57. The van der Waals surface area contributed by atoms with Crippen LogP contribution in [0.1, 0.15) is 46.2 Å². The Labute approximate surface area is 151 Å². The van der Waals surface area contributed by atoms with Crippen LogP contribution in [0.5, 0.6) is 0 Å². The average Bonchev–Trinajstić information content (AvgIpc) is 2.63. The maximum absolute atomic E-state index is 12.9. The van der Waals surface area contributed by atoms with Gasteiger partial charge in [-0.05, 0) is 43.2 Å². The zero-order chi connectivity index (χ0) is 18.7. The van der Waals surface area contributed by atoms with Crippen molar-refractivity contribution in [2.45, 2.75) is 26.7 Å². The molecule has 0 aliphatic rings. The summed E-state index contributed by atoms with van der Waals surface area (Å²) in [6.45, 7) is 4.02. The molecule has 3 rings (SSSR count). The lowest BCUT2D eigenvalue weighted by atomic mass is 10.0. The van der Waals surface area contributed by atoms with Crippen LogP contribution in [0.2, 0.25) is 0 Å². The molecule has 0 radical (unpaired) electrons. The summed E-state index contributed by atoms with van der Waals surface area (Å²) in [5.41, 5.74) is 3.08. The highest BCUT2D eigenvalue weighted by molar-refractivity contribution is 5.93. The third-order valence-electron chi connectivity index (χ3n) is 4.27. The number of rotatable bonds is 5. The van der Waals surface area contributed by atoms with Crippen molar-refractivity contribution in [3.63, 3.8) is 0 Å². The van der Waals surface area contributed by atoms with Crippen molar-refractivity contribution in [3.05, 3.63) is 80.7 Å². The summed E-state index contributed by atoms with van der Waals surface area (Å²) in [6, 6.07) is 12.4. The molecule has 0 atom stereocenters. The molecule has 0 spiro atoms. The Morgan fingerprint density at radius 2 is 1.85 bits per heavy atom. The van der Waals surface area contributed by atoms with Crippen LogP contribution in [-0.2, 0) is 6.42 Å². The van der Waals surface area contributed by atoms with Gasteiger partial charge < -0.3 is 9.52 Å². The molecule has 0 unspecified atom stereocenters. The topological polar surface area (TPSA) is 67.5 Å². The number of carboxylic acids is 1. The molecule has 26 heavy (non-hydrogen) atoms. The summed E-state index contributed by atoms with van der Waals surface area (Å²) in [7, 11) is 0. The molecule has 4 heteroatoms. The molecule has 132 valence electrons. The van der Waals surface area contributed by atoms with Gasteiger partial charge in [-0.3, -0.25) is 4.79 Å². The van der Waals surface area contributed by atoms with E-state index in [2.05, 4.69) is 0 Å². The van der Waals surface area contributed by atoms with E-state index in [0.717, 1.165) is 12.0 Å². The predicted molar refractivity (Wildman–Crippen MR) is 104 cm³/mol. The molecular formula is C22H20O4. The van der Waals surface area contributed by atoms with Gasteiger partial charge in [-0.2, -0.15) is 0 Å². The first kappa shape index (κ1) is 17.7. The number of aryl methyl sites for hydroxylation is 1. The molecule has 1 heterocycles. The fourth-order valence-electron chi connectivity index (χ4n) is 2.85. The predicted octanol–water partition coefficient (Wildman–Crippen LogP) is 4.92. The van der Waals surface area contributed by atoms with Crippen LogP contribution in [-0.4, -0.2) is 11.1 Å². The van der Waals surface area contributed by atoms with E-state index in [-0.39, 0.29) is 11.0 Å². The number of carboxylic acid groups (broad SMARTS) is 1. The Bertz CT molecular complexity index is 1040. The van der Waals surface area contributed by atoms with Gasteiger partial charge in [0.15, 0.2) is 5.43 Å². The molecule has 2 aromatic carbocycles. The van der Waals surface area contributed by atoms with Crippen molar-refractivity contribution in [1.29, 1.82) is 0 Å². The van der Waals surface area contributed by atoms with Crippen LogP contribution in [0, 0.1) is 6.92 Å². The second-order valence-electron chi connectivity index (χ2n) is 6.28. The Morgan fingerprint density at radius 1 is 1.12 bits per heavy atom. The molecule has 0 fully saturated rings. The van der Waals surface area contributed by atoms with E-state index in [0.29, 0.717) is 28.7 Å². The van der Waals surface area contributed by atoms with Gasteiger partial charge in [-0.1, -0.05) is 49.2 Å². The van der Waals surface area contributed by atoms with Crippen molar-refractivity contribution < 1.29 is 14.3 Å². The quantitative estimate of drug-likeness (QED) is 0.710. The Hall–Kier alpha value is -3.14. The van der Waals surface area contributed by atoms with Gasteiger partial charge in [0.05, 0.1) is 10.9 Å². The fraction of sp³-hybridized carbons (Fsp3) is 0.182. The van der Waals surface area contributed by atoms with Crippen molar-refractivity contribution in [1.82, 2.24) is 0 Å². The molecule has 0 aliphatic heterocycles. The SMILES string of the molecule is CCCc1c(C=Cc2ccc(C)cc2)oc2ccc(C(=O)O)cc2c1=O. The molecule has 1 aromatic heterocycles. The number of carbonyl (C=O) groups is 1. The normalized spacial score (nSPS) is 11.3. The number of hydrogen-bond donors (Lipinski definition) is 1. The van der Waals surface area contributed by atoms with Gasteiger partial charge in [0.2, 0.25) is 0 Å². The lowest BCUT2D eigenvalue weighted by Crippen LogP contribution is -2.12. The first-order valence-corrected chi connectivity index (χ1v) is 8.57. The van der Waals surface area contributed by atoms with E-state index >= 15 is 0 Å². The van der Waals surface area contributed by atoms with Crippen molar-refractivity contribution >= 4 is 29.1 Å². The summed E-state index contributed by atoms with van der Waals surface area (Å²) in [4.78, 5) is 24.1. The Balaban J connectivity index is 2.13. The lowest BCUT2D eigenvalue weighted by Gasteiger charge is -2.07. The fourth-order valence-corrected chi connectivity index (χ4v) is 2.85. The molecule has 0 amide bonds. The van der Waals surface area contributed by atoms with Gasteiger partial charge in [0.1, 0.15) is 11.3 Å². The van der Waals surface area contributed by atoms with Crippen LogP contribution in [0.15, 0.2) is 51.7 Å². The molecule has 0 aliphatic carbocycles. The summed E-state index contributed by atoms with van der Waals surface area (Å²) in [5, 5.41) is 9.45. The molecule has 3 aromatic rings. The minimum atomic E-state index is -1.06. The van der Waals surface area contributed by atoms with Gasteiger partial charge in [-0.15, -0.1) is 0 Å². The Morgan fingerprint density at radius 3 is 2.50 bits per heavy atom. The smallest absolute Gasteiger partial charge is 0.335 e. The van der Waals surface area contributed by atoms with Crippen LogP contribution in [0.4, 0.5) is 0 Å². The van der Waals surface area contributed by atoms with Crippen LogP contribution >= 0.6 is 0 Å². The standard InChI is InChI=1S/C22H20O4/c1-3-4-17-19(11-9-15-7-5-14(2)6-8-15)26-20-12-10-16(22(24)25)13-18(20)21(17)23/h5-13H,3-4H2,1-2H3,(H,24,25). The van der Waals surface area contributed by atoms with Crippen LogP contribution in [0.3, 0.4) is 0 Å². The van der Waals surface area contributed by atoms with E-state index < -0.39 is 5.97 Å². The summed E-state index contributed by atoms with van der Waals surface area (Å²) < 4.78 is 5.93. The van der Waals surface area contributed by atoms with Crippen molar-refractivity contribution in [2.75, 3.05) is 0 Å². The number of hydrogen-bond acceptors (Lipinski definition) is 3. The molecule has 0 bridgehead atoms. The molecular weight excluding hydrogens is 328 g/mol. The highest BCUT2D eigenvalue weighted by atomic mass is 16.4. The lowest BCUT2D eigenvalue weighted by molar-refractivity contribution is 0.0697. The van der Waals surface area contributed by atoms with E-state index in [1.54, 1.807) is 6.07 Å². The number of benzene rings is 2. The third-order valence-corrected chi connectivity index (χ3v) is 4.27. The highest BCUT2D eigenvalue weighted by Crippen LogP contribution is 2.21. The minimum Gasteiger partial charge on any atom is -0.478 e. The van der Waals surface area contributed by atoms with Gasteiger partial charge in [0.25, 0.3) is 0 Å². The van der Waals surface area contributed by atoms with Gasteiger partial charge >= 0.3 is 5.97 Å². The average molecular weight is 348 g/mol. The van der Waals surface area contributed by atoms with Crippen LogP contribution < -0.4 is 5.43 Å². The first-order chi connectivity index (χ1) is 12.5. The minimum absolute atomic E-state index is 0.0789. The van der Waals surface area contributed by atoms with Crippen molar-refractivity contribution in [2.24, 2.45) is 0 Å². The second-order valence-corrected chi connectivity index (χ2v) is 6.28. The van der Waals surface area contributed by atoms with E-state index in [1.807, 2.05) is 50.3 Å². The van der Waals surface area contributed by atoms with Gasteiger partial charge in [0, 0.05) is 5.56 Å². The van der Waals surface area contributed by atoms with E-state index in [1.165, 1.54) is 17.7 Å². The Kier molecular flexibility index (Phi) is 5.03.